The summed E-state index contributed by atoms with van der Waals surface area (Å²) in [5, 5.41) is 0.418. The lowest BCUT2D eigenvalue weighted by molar-refractivity contribution is 0.423. The van der Waals surface area contributed by atoms with Crippen molar-refractivity contribution < 1.29 is 8.42 Å². The van der Waals surface area contributed by atoms with E-state index in [0.29, 0.717) is 18.1 Å². The summed E-state index contributed by atoms with van der Waals surface area (Å²) in [7, 11) is -3.52. The summed E-state index contributed by atoms with van der Waals surface area (Å²) in [5.74, 6) is 0. The van der Waals surface area contributed by atoms with Crippen molar-refractivity contribution in [1.29, 1.82) is 0 Å². The largest absolute Gasteiger partial charge is 0.243 e. The SMILES string of the molecule is CCN(Cc1ccccc1)S(=O)(=O)c1cccc(Cl)c1. The van der Waals surface area contributed by atoms with Crippen molar-refractivity contribution in [3.8, 4) is 0 Å². The normalized spacial score (nSPS) is 11.8. The van der Waals surface area contributed by atoms with E-state index in [1.54, 1.807) is 18.2 Å². The van der Waals surface area contributed by atoms with Gasteiger partial charge < -0.3 is 0 Å². The summed E-state index contributed by atoms with van der Waals surface area (Å²) < 4.78 is 26.6. The first-order valence-corrected chi connectivity index (χ1v) is 8.15. The molecule has 0 fully saturated rings. The van der Waals surface area contributed by atoms with Crippen LogP contribution >= 0.6 is 11.6 Å². The molecule has 106 valence electrons. The van der Waals surface area contributed by atoms with Gasteiger partial charge in [0.1, 0.15) is 0 Å². The van der Waals surface area contributed by atoms with Crippen molar-refractivity contribution in [1.82, 2.24) is 4.31 Å². The first-order chi connectivity index (χ1) is 9.54. The minimum atomic E-state index is -3.52. The molecule has 2 rings (SSSR count). The van der Waals surface area contributed by atoms with E-state index in [0.717, 1.165) is 5.56 Å². The van der Waals surface area contributed by atoms with E-state index in [9.17, 15) is 8.42 Å². The Morgan fingerprint density at radius 3 is 2.35 bits per heavy atom. The highest BCUT2D eigenvalue weighted by molar-refractivity contribution is 7.89. The van der Waals surface area contributed by atoms with Crippen LogP contribution in [0.5, 0.6) is 0 Å². The van der Waals surface area contributed by atoms with Crippen LogP contribution in [0.15, 0.2) is 59.5 Å². The Hall–Kier alpha value is -1.36. The van der Waals surface area contributed by atoms with E-state index in [1.165, 1.54) is 10.4 Å². The van der Waals surface area contributed by atoms with E-state index in [4.69, 9.17) is 11.6 Å². The zero-order valence-electron chi connectivity index (χ0n) is 11.2. The van der Waals surface area contributed by atoms with Gasteiger partial charge in [-0.05, 0) is 23.8 Å². The maximum atomic E-state index is 12.6. The highest BCUT2D eigenvalue weighted by Crippen LogP contribution is 2.21. The fourth-order valence-electron chi connectivity index (χ4n) is 1.93. The third-order valence-electron chi connectivity index (χ3n) is 2.99. The van der Waals surface area contributed by atoms with E-state index in [1.807, 2.05) is 37.3 Å². The van der Waals surface area contributed by atoms with Crippen LogP contribution in [-0.4, -0.2) is 19.3 Å². The Morgan fingerprint density at radius 2 is 1.75 bits per heavy atom. The third kappa shape index (κ3) is 3.39. The second-order valence-electron chi connectivity index (χ2n) is 4.37. The van der Waals surface area contributed by atoms with Crippen molar-refractivity contribution in [2.75, 3.05) is 6.54 Å². The van der Waals surface area contributed by atoms with Gasteiger partial charge in [-0.3, -0.25) is 0 Å². The van der Waals surface area contributed by atoms with Crippen molar-refractivity contribution in [3.05, 3.63) is 65.2 Å². The van der Waals surface area contributed by atoms with Crippen LogP contribution < -0.4 is 0 Å². The van der Waals surface area contributed by atoms with Crippen molar-refractivity contribution in [2.45, 2.75) is 18.4 Å². The number of halogens is 1. The Morgan fingerprint density at radius 1 is 1.05 bits per heavy atom. The first-order valence-electron chi connectivity index (χ1n) is 6.33. The first kappa shape index (κ1) is 15.0. The molecule has 0 aliphatic carbocycles. The fraction of sp³-hybridized carbons (Fsp3) is 0.200. The standard InChI is InChI=1S/C15H16ClNO2S/c1-2-17(12-13-7-4-3-5-8-13)20(18,19)15-10-6-9-14(16)11-15/h3-11H,2,12H2,1H3. The highest BCUT2D eigenvalue weighted by atomic mass is 35.5. The number of hydrogen-bond acceptors (Lipinski definition) is 2. The molecule has 2 aromatic carbocycles. The molecule has 0 aromatic heterocycles. The molecule has 0 saturated carbocycles. The molecule has 0 spiro atoms. The Balaban J connectivity index is 2.31. The maximum absolute atomic E-state index is 12.6. The van der Waals surface area contributed by atoms with E-state index < -0.39 is 10.0 Å². The van der Waals surface area contributed by atoms with Crippen molar-refractivity contribution >= 4 is 21.6 Å². The topological polar surface area (TPSA) is 37.4 Å². The van der Waals surface area contributed by atoms with Crippen LogP contribution in [0.3, 0.4) is 0 Å². The summed E-state index contributed by atoms with van der Waals surface area (Å²) in [4.78, 5) is 0.225. The van der Waals surface area contributed by atoms with Gasteiger partial charge in [0.25, 0.3) is 0 Å². The van der Waals surface area contributed by atoms with E-state index >= 15 is 0 Å². The molecular weight excluding hydrogens is 294 g/mol. The minimum absolute atomic E-state index is 0.225. The van der Waals surface area contributed by atoms with Crippen LogP contribution in [0.4, 0.5) is 0 Å². The van der Waals surface area contributed by atoms with Gasteiger partial charge in [-0.2, -0.15) is 4.31 Å². The minimum Gasteiger partial charge on any atom is -0.207 e. The Kier molecular flexibility index (Phi) is 4.81. The molecule has 0 aliphatic heterocycles. The second kappa shape index (κ2) is 6.39. The summed E-state index contributed by atoms with van der Waals surface area (Å²) in [6, 6.07) is 15.9. The summed E-state index contributed by atoms with van der Waals surface area (Å²) in [6.45, 7) is 2.58. The predicted molar refractivity (Wildman–Crippen MR) is 81.2 cm³/mol. The van der Waals surface area contributed by atoms with Crippen LogP contribution in [-0.2, 0) is 16.6 Å². The molecule has 0 saturated heterocycles. The molecule has 0 atom stereocenters. The molecule has 0 heterocycles. The van der Waals surface area contributed by atoms with E-state index in [2.05, 4.69) is 0 Å². The van der Waals surface area contributed by atoms with Gasteiger partial charge in [-0.1, -0.05) is 54.9 Å². The fourth-order valence-corrected chi connectivity index (χ4v) is 3.67. The van der Waals surface area contributed by atoms with Crippen LogP contribution in [0.25, 0.3) is 0 Å². The number of nitrogens with zero attached hydrogens (tertiary/aromatic N) is 1. The number of rotatable bonds is 5. The molecule has 0 aliphatic rings. The summed E-state index contributed by atoms with van der Waals surface area (Å²) >= 11 is 5.88. The Labute approximate surface area is 124 Å². The molecule has 0 amide bonds. The molecule has 0 N–H and O–H groups in total. The number of benzene rings is 2. The monoisotopic (exact) mass is 309 g/mol. The predicted octanol–water partition coefficient (Wildman–Crippen LogP) is 3.55. The van der Waals surface area contributed by atoms with Gasteiger partial charge in [0.15, 0.2) is 0 Å². The lowest BCUT2D eigenvalue weighted by Gasteiger charge is -2.20. The van der Waals surface area contributed by atoms with Crippen LogP contribution in [0.1, 0.15) is 12.5 Å². The lowest BCUT2D eigenvalue weighted by atomic mass is 10.2. The van der Waals surface area contributed by atoms with Gasteiger partial charge in [-0.15, -0.1) is 0 Å². The molecule has 20 heavy (non-hydrogen) atoms. The average Bonchev–Trinajstić information content (AvgIpc) is 2.45. The maximum Gasteiger partial charge on any atom is 0.243 e. The highest BCUT2D eigenvalue weighted by Gasteiger charge is 2.23. The molecule has 0 radical (unpaired) electrons. The smallest absolute Gasteiger partial charge is 0.207 e. The zero-order chi connectivity index (χ0) is 14.6. The molecule has 0 bridgehead atoms. The molecular formula is C15H16ClNO2S. The van der Waals surface area contributed by atoms with Gasteiger partial charge in [0.2, 0.25) is 10.0 Å². The molecule has 2 aromatic rings. The number of sulfonamides is 1. The summed E-state index contributed by atoms with van der Waals surface area (Å²) in [5.41, 5.74) is 0.958. The van der Waals surface area contributed by atoms with Gasteiger partial charge in [-0.25, -0.2) is 8.42 Å². The Bertz CT molecular complexity index is 671. The van der Waals surface area contributed by atoms with Crippen molar-refractivity contribution in [2.24, 2.45) is 0 Å². The van der Waals surface area contributed by atoms with Gasteiger partial charge in [0.05, 0.1) is 4.90 Å². The van der Waals surface area contributed by atoms with Gasteiger partial charge >= 0.3 is 0 Å². The summed E-state index contributed by atoms with van der Waals surface area (Å²) in [6.07, 6.45) is 0. The second-order valence-corrected chi connectivity index (χ2v) is 6.75. The molecule has 5 heteroatoms. The quantitative estimate of drug-likeness (QED) is 0.847. The lowest BCUT2D eigenvalue weighted by Crippen LogP contribution is -2.30. The van der Waals surface area contributed by atoms with Crippen LogP contribution in [0, 0.1) is 0 Å². The molecule has 0 unspecified atom stereocenters. The number of hydrogen-bond donors (Lipinski definition) is 0. The van der Waals surface area contributed by atoms with Gasteiger partial charge in [0, 0.05) is 18.1 Å². The zero-order valence-corrected chi connectivity index (χ0v) is 12.7. The third-order valence-corrected chi connectivity index (χ3v) is 5.14. The van der Waals surface area contributed by atoms with E-state index in [-0.39, 0.29) is 4.90 Å². The van der Waals surface area contributed by atoms with Crippen LogP contribution in [0.2, 0.25) is 5.02 Å². The average molecular weight is 310 g/mol. The molecule has 3 nitrogen and oxygen atoms in total. The van der Waals surface area contributed by atoms with Crippen molar-refractivity contribution in [3.63, 3.8) is 0 Å².